The second-order valence-corrected chi connectivity index (χ2v) is 8.09. The molecule has 0 saturated heterocycles. The predicted octanol–water partition coefficient (Wildman–Crippen LogP) is 6.97. The summed E-state index contributed by atoms with van der Waals surface area (Å²) in [5.74, 6) is 0. The lowest BCUT2D eigenvalue weighted by molar-refractivity contribution is 1.02. The van der Waals surface area contributed by atoms with Crippen molar-refractivity contribution in [1.29, 1.82) is 0 Å². The fraction of sp³-hybridized carbons (Fsp3) is 0.308. The monoisotopic (exact) mass is 340 g/mol. The van der Waals surface area contributed by atoms with Crippen molar-refractivity contribution in [2.75, 3.05) is 0 Å². The van der Waals surface area contributed by atoms with E-state index in [1.165, 1.54) is 79.6 Å². The number of hydrogen-bond donors (Lipinski definition) is 0. The molecule has 0 nitrogen and oxygen atoms in total. The second-order valence-electron chi connectivity index (χ2n) is 8.09. The number of hydrogen-bond acceptors (Lipinski definition) is 0. The standard InChI is InChI=1S/C26H28/c1-15-11-17(3)25(12-16(15)2)23-9-10-24(19(5)18(23)4)26-14-21-7-8-22(13-21)20(26)6/h9-14H,7-8H2,1-6H3. The summed E-state index contributed by atoms with van der Waals surface area (Å²) >= 11 is 0. The molecule has 0 amide bonds. The van der Waals surface area contributed by atoms with Gasteiger partial charge in [0.05, 0.1) is 0 Å². The zero-order valence-electron chi connectivity index (χ0n) is 16.9. The van der Waals surface area contributed by atoms with Gasteiger partial charge in [0.1, 0.15) is 0 Å². The van der Waals surface area contributed by atoms with Gasteiger partial charge in [-0.05, 0) is 121 Å². The van der Waals surface area contributed by atoms with Gasteiger partial charge in [-0.15, -0.1) is 0 Å². The third kappa shape index (κ3) is 2.60. The Kier molecular flexibility index (Phi) is 4.03. The minimum atomic E-state index is 1.20. The smallest absolute Gasteiger partial charge is 0.0146 e. The maximum atomic E-state index is 2.41. The van der Waals surface area contributed by atoms with Crippen LogP contribution in [0.3, 0.4) is 0 Å². The van der Waals surface area contributed by atoms with Crippen LogP contribution < -0.4 is 0 Å². The summed E-state index contributed by atoms with van der Waals surface area (Å²) in [6.45, 7) is 13.5. The van der Waals surface area contributed by atoms with E-state index in [1.54, 1.807) is 0 Å². The van der Waals surface area contributed by atoms with Gasteiger partial charge in [0.2, 0.25) is 0 Å². The highest BCUT2D eigenvalue weighted by molar-refractivity contribution is 5.80. The van der Waals surface area contributed by atoms with E-state index in [0.717, 1.165) is 0 Å². The van der Waals surface area contributed by atoms with Crippen molar-refractivity contribution in [1.82, 2.24) is 0 Å². The first-order valence-electron chi connectivity index (χ1n) is 9.68. The number of rotatable bonds is 2. The topological polar surface area (TPSA) is 0 Å². The molecule has 0 heteroatoms. The molecule has 0 radical (unpaired) electrons. The second kappa shape index (κ2) is 6.13. The summed E-state index contributed by atoms with van der Waals surface area (Å²) in [5.41, 5.74) is 17.0. The molecule has 132 valence electrons. The molecule has 3 aromatic carbocycles. The Labute approximate surface area is 157 Å². The van der Waals surface area contributed by atoms with Crippen molar-refractivity contribution in [2.45, 2.75) is 54.4 Å². The lowest BCUT2D eigenvalue weighted by atomic mass is 9.86. The molecule has 0 aromatic heterocycles. The summed E-state index contributed by atoms with van der Waals surface area (Å²) in [5, 5.41) is 0. The molecule has 1 aliphatic rings. The third-order valence-corrected chi connectivity index (χ3v) is 6.47. The summed E-state index contributed by atoms with van der Waals surface area (Å²) in [7, 11) is 0. The van der Waals surface area contributed by atoms with Crippen LogP contribution in [0.2, 0.25) is 0 Å². The molecule has 0 aliphatic heterocycles. The summed E-state index contributed by atoms with van der Waals surface area (Å²) in [6.07, 6.45) is 2.41. The van der Waals surface area contributed by atoms with Gasteiger partial charge in [-0.2, -0.15) is 0 Å². The first-order valence-corrected chi connectivity index (χ1v) is 9.68. The average molecular weight is 341 g/mol. The maximum Gasteiger partial charge on any atom is -0.0146 e. The molecule has 0 N–H and O–H groups in total. The van der Waals surface area contributed by atoms with Gasteiger partial charge < -0.3 is 0 Å². The van der Waals surface area contributed by atoms with E-state index in [2.05, 4.69) is 77.9 Å². The minimum Gasteiger partial charge on any atom is -0.0555 e. The summed E-state index contributed by atoms with van der Waals surface area (Å²) in [6, 6.07) is 14.1. The van der Waals surface area contributed by atoms with E-state index in [-0.39, 0.29) is 0 Å². The average Bonchev–Trinajstić information content (AvgIpc) is 3.01. The molecular formula is C26H28. The van der Waals surface area contributed by atoms with Gasteiger partial charge in [-0.1, -0.05) is 36.4 Å². The summed E-state index contributed by atoms with van der Waals surface area (Å²) < 4.78 is 0. The van der Waals surface area contributed by atoms with Crippen molar-refractivity contribution >= 4 is 0 Å². The van der Waals surface area contributed by atoms with Crippen LogP contribution >= 0.6 is 0 Å². The van der Waals surface area contributed by atoms with Crippen LogP contribution in [-0.2, 0) is 12.8 Å². The Morgan fingerprint density at radius 2 is 1.12 bits per heavy atom. The number of aryl methyl sites for hydroxylation is 5. The lowest BCUT2D eigenvalue weighted by Gasteiger charge is -2.18. The molecule has 0 saturated carbocycles. The molecular weight excluding hydrogens is 312 g/mol. The SMILES string of the molecule is Cc1cc(C)c(-c2ccc(-c3cc4cc(c3C)CC4)c(C)c2C)cc1C. The fourth-order valence-corrected chi connectivity index (χ4v) is 4.46. The molecule has 1 aliphatic carbocycles. The molecule has 4 rings (SSSR count). The Bertz CT molecular complexity index is 1030. The Morgan fingerprint density at radius 1 is 0.500 bits per heavy atom. The first-order chi connectivity index (χ1) is 12.4. The predicted molar refractivity (Wildman–Crippen MR) is 113 cm³/mol. The highest BCUT2D eigenvalue weighted by Gasteiger charge is 2.18. The maximum absolute atomic E-state index is 2.41. The van der Waals surface area contributed by atoms with Crippen LogP contribution in [0.25, 0.3) is 22.3 Å². The van der Waals surface area contributed by atoms with Crippen LogP contribution in [0.5, 0.6) is 0 Å². The normalized spacial score (nSPS) is 12.7. The molecule has 0 heterocycles. The Hall–Kier alpha value is -2.34. The largest absolute Gasteiger partial charge is 0.0555 e. The van der Waals surface area contributed by atoms with Crippen molar-refractivity contribution in [2.24, 2.45) is 0 Å². The molecule has 0 fully saturated rings. The van der Waals surface area contributed by atoms with E-state index >= 15 is 0 Å². The van der Waals surface area contributed by atoms with Gasteiger partial charge in [-0.3, -0.25) is 0 Å². The zero-order valence-corrected chi connectivity index (χ0v) is 16.9. The third-order valence-electron chi connectivity index (χ3n) is 6.47. The Balaban J connectivity index is 1.89. The van der Waals surface area contributed by atoms with Crippen LogP contribution in [0.4, 0.5) is 0 Å². The van der Waals surface area contributed by atoms with Crippen molar-refractivity contribution < 1.29 is 0 Å². The molecule has 0 atom stereocenters. The summed E-state index contributed by atoms with van der Waals surface area (Å²) in [4.78, 5) is 0. The van der Waals surface area contributed by atoms with Crippen LogP contribution in [0, 0.1) is 41.5 Å². The van der Waals surface area contributed by atoms with Crippen molar-refractivity contribution in [3.8, 4) is 22.3 Å². The molecule has 0 spiro atoms. The van der Waals surface area contributed by atoms with E-state index in [0.29, 0.717) is 0 Å². The van der Waals surface area contributed by atoms with Gasteiger partial charge in [0, 0.05) is 0 Å². The van der Waals surface area contributed by atoms with Crippen LogP contribution in [0.1, 0.15) is 44.5 Å². The molecule has 0 unspecified atom stereocenters. The highest BCUT2D eigenvalue weighted by Crippen LogP contribution is 2.38. The van der Waals surface area contributed by atoms with Gasteiger partial charge in [-0.25, -0.2) is 0 Å². The van der Waals surface area contributed by atoms with Gasteiger partial charge in [0.25, 0.3) is 0 Å². The van der Waals surface area contributed by atoms with Gasteiger partial charge >= 0.3 is 0 Å². The van der Waals surface area contributed by atoms with E-state index < -0.39 is 0 Å². The van der Waals surface area contributed by atoms with E-state index in [1.807, 2.05) is 0 Å². The fourth-order valence-electron chi connectivity index (χ4n) is 4.46. The lowest BCUT2D eigenvalue weighted by Crippen LogP contribution is -1.96. The van der Waals surface area contributed by atoms with E-state index in [9.17, 15) is 0 Å². The quantitative estimate of drug-likeness (QED) is 0.472. The van der Waals surface area contributed by atoms with Crippen molar-refractivity contribution in [3.05, 3.63) is 80.9 Å². The highest BCUT2D eigenvalue weighted by atomic mass is 14.2. The first kappa shape index (κ1) is 17.1. The van der Waals surface area contributed by atoms with Crippen molar-refractivity contribution in [3.63, 3.8) is 0 Å². The van der Waals surface area contributed by atoms with Gasteiger partial charge in [0.15, 0.2) is 0 Å². The van der Waals surface area contributed by atoms with E-state index in [4.69, 9.17) is 0 Å². The minimum absolute atomic E-state index is 1.20. The number of benzene rings is 3. The van der Waals surface area contributed by atoms with Crippen LogP contribution in [0.15, 0.2) is 36.4 Å². The zero-order chi connectivity index (χ0) is 18.6. The van der Waals surface area contributed by atoms with Crippen LogP contribution in [-0.4, -0.2) is 0 Å². The molecule has 3 aromatic rings. The number of fused-ring (bicyclic) bond motifs is 2. The molecule has 2 bridgehead atoms. The molecule has 26 heavy (non-hydrogen) atoms. The Morgan fingerprint density at radius 3 is 1.81 bits per heavy atom.